The van der Waals surface area contributed by atoms with Gasteiger partial charge in [0.2, 0.25) is 0 Å². The van der Waals surface area contributed by atoms with Crippen molar-refractivity contribution in [1.29, 1.82) is 5.26 Å². The van der Waals surface area contributed by atoms with E-state index in [1.54, 1.807) is 18.3 Å². The van der Waals surface area contributed by atoms with Gasteiger partial charge in [0.15, 0.2) is 0 Å². The number of piperazine rings is 1. The quantitative estimate of drug-likeness (QED) is 0.733. The van der Waals surface area contributed by atoms with Crippen molar-refractivity contribution in [2.75, 3.05) is 56.1 Å². The Hall–Kier alpha value is -3.27. The van der Waals surface area contributed by atoms with Gasteiger partial charge in [-0.15, -0.1) is 0 Å². The van der Waals surface area contributed by atoms with Crippen LogP contribution in [0.25, 0.3) is 0 Å². The van der Waals surface area contributed by atoms with Gasteiger partial charge < -0.3 is 20.0 Å². The van der Waals surface area contributed by atoms with Crippen molar-refractivity contribution >= 4 is 17.5 Å². The lowest BCUT2D eigenvalue weighted by Crippen LogP contribution is -2.52. The van der Waals surface area contributed by atoms with Crippen LogP contribution >= 0.6 is 0 Å². The van der Waals surface area contributed by atoms with E-state index in [0.717, 1.165) is 19.4 Å². The predicted molar refractivity (Wildman–Crippen MR) is 115 cm³/mol. The summed E-state index contributed by atoms with van der Waals surface area (Å²) in [7, 11) is 2.09. The monoisotopic (exact) mass is 392 g/mol. The third-order valence-corrected chi connectivity index (χ3v) is 5.17. The molecule has 2 heterocycles. The number of para-hydroxylation sites is 1. The second kappa shape index (κ2) is 10.3. The summed E-state index contributed by atoms with van der Waals surface area (Å²) in [6.07, 6.45) is 3.67. The second-order valence-electron chi connectivity index (χ2n) is 7.16. The van der Waals surface area contributed by atoms with Crippen LogP contribution in [0.2, 0.25) is 0 Å². The zero-order chi connectivity index (χ0) is 20.5. The highest BCUT2D eigenvalue weighted by Gasteiger charge is 2.23. The molecule has 7 nitrogen and oxygen atoms in total. The van der Waals surface area contributed by atoms with E-state index in [9.17, 15) is 10.1 Å². The highest BCUT2D eigenvalue weighted by Crippen LogP contribution is 2.18. The number of carbonyl (C=O) groups is 1. The van der Waals surface area contributed by atoms with Crippen molar-refractivity contribution in [1.82, 2.24) is 15.2 Å². The number of hydrogen-bond donors (Lipinski definition) is 1. The van der Waals surface area contributed by atoms with Gasteiger partial charge in [0.05, 0.1) is 5.56 Å². The third kappa shape index (κ3) is 5.61. The Morgan fingerprint density at radius 2 is 1.90 bits per heavy atom. The molecule has 0 saturated carbocycles. The fourth-order valence-corrected chi connectivity index (χ4v) is 3.45. The molecule has 3 rings (SSSR count). The number of pyridine rings is 1. The lowest BCUT2D eigenvalue weighted by molar-refractivity contribution is 0.194. The first-order valence-electron chi connectivity index (χ1n) is 10.1. The molecule has 1 aliphatic heterocycles. The van der Waals surface area contributed by atoms with Gasteiger partial charge in [-0.3, -0.25) is 0 Å². The number of rotatable bonds is 7. The number of anilines is 2. The van der Waals surface area contributed by atoms with Crippen molar-refractivity contribution in [3.8, 4) is 6.07 Å². The molecule has 2 aromatic rings. The second-order valence-corrected chi connectivity index (χ2v) is 7.16. The topological polar surface area (TPSA) is 75.5 Å². The first kappa shape index (κ1) is 20.5. The lowest BCUT2D eigenvalue weighted by atomic mass is 10.2. The maximum Gasteiger partial charge on any atom is 0.317 e. The van der Waals surface area contributed by atoms with E-state index in [0.29, 0.717) is 44.1 Å². The van der Waals surface area contributed by atoms with Crippen LogP contribution in [0, 0.1) is 11.3 Å². The van der Waals surface area contributed by atoms with Crippen molar-refractivity contribution in [2.24, 2.45) is 0 Å². The number of carbonyl (C=O) groups excluding carboxylic acids is 1. The SMILES string of the molecule is CN(CCCCNC(=O)N1CCN(c2ncccc2C#N)CC1)c1ccccc1. The molecule has 29 heavy (non-hydrogen) atoms. The predicted octanol–water partition coefficient (Wildman–Crippen LogP) is 2.70. The van der Waals surface area contributed by atoms with Crippen molar-refractivity contribution < 1.29 is 4.79 Å². The number of unbranched alkanes of at least 4 members (excludes halogenated alkanes) is 1. The molecule has 0 unspecified atom stereocenters. The van der Waals surface area contributed by atoms with E-state index in [1.165, 1.54) is 5.69 Å². The van der Waals surface area contributed by atoms with E-state index in [2.05, 4.69) is 45.4 Å². The van der Waals surface area contributed by atoms with Gasteiger partial charge in [-0.05, 0) is 37.1 Å². The molecule has 0 bridgehead atoms. The van der Waals surface area contributed by atoms with E-state index in [-0.39, 0.29) is 6.03 Å². The Kier molecular flexibility index (Phi) is 7.28. The fourth-order valence-electron chi connectivity index (χ4n) is 3.45. The zero-order valence-corrected chi connectivity index (χ0v) is 16.9. The minimum Gasteiger partial charge on any atom is -0.375 e. The molecule has 7 heteroatoms. The first-order valence-corrected chi connectivity index (χ1v) is 10.1. The standard InChI is InChI=1S/C22H28N6O/c1-26(20-9-3-2-4-10-20)13-6-5-11-25-22(29)28-16-14-27(15-17-28)21-19(18-23)8-7-12-24-21/h2-4,7-10,12H,5-6,11,13-17H2,1H3,(H,25,29). The molecular weight excluding hydrogens is 364 g/mol. The summed E-state index contributed by atoms with van der Waals surface area (Å²) in [6, 6.07) is 16.0. The van der Waals surface area contributed by atoms with Gasteiger partial charge in [0.1, 0.15) is 11.9 Å². The van der Waals surface area contributed by atoms with Gasteiger partial charge in [0.25, 0.3) is 0 Å². The number of urea groups is 1. The summed E-state index contributed by atoms with van der Waals surface area (Å²) in [5.41, 5.74) is 1.78. The summed E-state index contributed by atoms with van der Waals surface area (Å²) in [4.78, 5) is 22.9. The highest BCUT2D eigenvalue weighted by atomic mass is 16.2. The Bertz CT molecular complexity index is 827. The molecule has 1 aromatic heterocycles. The summed E-state index contributed by atoms with van der Waals surface area (Å²) in [6.45, 7) is 4.26. The molecule has 0 radical (unpaired) electrons. The molecule has 0 atom stereocenters. The van der Waals surface area contributed by atoms with Crippen LogP contribution in [-0.4, -0.2) is 62.2 Å². The molecule has 1 fully saturated rings. The normalized spacial score (nSPS) is 13.7. The average Bonchev–Trinajstić information content (AvgIpc) is 2.79. The lowest BCUT2D eigenvalue weighted by Gasteiger charge is -2.35. The molecular formula is C22H28N6O. The van der Waals surface area contributed by atoms with Crippen LogP contribution in [0.4, 0.5) is 16.3 Å². The van der Waals surface area contributed by atoms with Crippen LogP contribution in [0.1, 0.15) is 18.4 Å². The average molecular weight is 393 g/mol. The number of nitriles is 1. The van der Waals surface area contributed by atoms with Crippen LogP contribution in [0.5, 0.6) is 0 Å². The Labute approximate surface area is 172 Å². The Balaban J connectivity index is 1.34. The smallest absolute Gasteiger partial charge is 0.317 e. The summed E-state index contributed by atoms with van der Waals surface area (Å²) in [5, 5.41) is 12.3. The van der Waals surface area contributed by atoms with Gasteiger partial charge >= 0.3 is 6.03 Å². The molecule has 0 spiro atoms. The van der Waals surface area contributed by atoms with Crippen LogP contribution in [0.15, 0.2) is 48.7 Å². The molecule has 1 aliphatic rings. The Morgan fingerprint density at radius 1 is 1.14 bits per heavy atom. The molecule has 1 aromatic carbocycles. The minimum atomic E-state index is -0.0115. The number of benzene rings is 1. The Morgan fingerprint density at radius 3 is 2.62 bits per heavy atom. The van der Waals surface area contributed by atoms with Crippen LogP contribution in [-0.2, 0) is 0 Å². The number of amides is 2. The number of aromatic nitrogens is 1. The van der Waals surface area contributed by atoms with Gasteiger partial charge in [-0.25, -0.2) is 9.78 Å². The largest absolute Gasteiger partial charge is 0.375 e. The maximum absolute atomic E-state index is 12.4. The molecule has 2 amide bonds. The van der Waals surface area contributed by atoms with Crippen LogP contribution in [0.3, 0.4) is 0 Å². The maximum atomic E-state index is 12.4. The number of hydrogen-bond acceptors (Lipinski definition) is 5. The number of nitrogens with zero attached hydrogens (tertiary/aromatic N) is 5. The molecule has 0 aliphatic carbocycles. The summed E-state index contributed by atoms with van der Waals surface area (Å²) >= 11 is 0. The van der Waals surface area contributed by atoms with E-state index in [1.807, 2.05) is 23.1 Å². The molecule has 1 N–H and O–H groups in total. The molecule has 1 saturated heterocycles. The van der Waals surface area contributed by atoms with E-state index < -0.39 is 0 Å². The minimum absolute atomic E-state index is 0.0115. The highest BCUT2D eigenvalue weighted by molar-refractivity contribution is 5.74. The van der Waals surface area contributed by atoms with E-state index in [4.69, 9.17) is 0 Å². The van der Waals surface area contributed by atoms with Crippen molar-refractivity contribution in [3.05, 3.63) is 54.2 Å². The van der Waals surface area contributed by atoms with Gasteiger partial charge in [0, 0.05) is 58.2 Å². The summed E-state index contributed by atoms with van der Waals surface area (Å²) in [5.74, 6) is 0.706. The van der Waals surface area contributed by atoms with Gasteiger partial charge in [-0.2, -0.15) is 5.26 Å². The molecule has 152 valence electrons. The van der Waals surface area contributed by atoms with Gasteiger partial charge in [-0.1, -0.05) is 18.2 Å². The zero-order valence-electron chi connectivity index (χ0n) is 16.9. The van der Waals surface area contributed by atoms with E-state index >= 15 is 0 Å². The fraction of sp³-hybridized carbons (Fsp3) is 0.409. The van der Waals surface area contributed by atoms with Crippen molar-refractivity contribution in [2.45, 2.75) is 12.8 Å². The summed E-state index contributed by atoms with van der Waals surface area (Å²) < 4.78 is 0. The van der Waals surface area contributed by atoms with Crippen molar-refractivity contribution in [3.63, 3.8) is 0 Å². The number of nitrogens with one attached hydrogen (secondary N) is 1. The first-order chi connectivity index (χ1) is 14.2. The third-order valence-electron chi connectivity index (χ3n) is 5.17. The van der Waals surface area contributed by atoms with Crippen LogP contribution < -0.4 is 15.1 Å².